The highest BCUT2D eigenvalue weighted by Gasteiger charge is 2.06. The van der Waals surface area contributed by atoms with E-state index in [1.54, 1.807) is 18.4 Å². The molecule has 2 N–H and O–H groups in total. The molecule has 1 heterocycles. The van der Waals surface area contributed by atoms with E-state index in [9.17, 15) is 4.79 Å². The number of hydrogen-bond donors (Lipinski definition) is 2. The number of furan rings is 1. The quantitative estimate of drug-likeness (QED) is 0.670. The van der Waals surface area contributed by atoms with E-state index in [0.29, 0.717) is 12.1 Å². The van der Waals surface area contributed by atoms with Gasteiger partial charge in [-0.05, 0) is 54.6 Å². The molecule has 0 aliphatic rings. The standard InChI is InChI=1S/C18H15BrN2O2/c19-14-4-1-3-13(11-14)18(22)21-16-8-6-15(7-9-16)20-12-17-5-2-10-23-17/h1-11,20H,12H2,(H,21,22). The van der Waals surface area contributed by atoms with E-state index in [4.69, 9.17) is 4.42 Å². The molecule has 0 unspecified atom stereocenters. The lowest BCUT2D eigenvalue weighted by atomic mass is 10.2. The lowest BCUT2D eigenvalue weighted by molar-refractivity contribution is 0.102. The molecular weight excluding hydrogens is 356 g/mol. The van der Waals surface area contributed by atoms with Gasteiger partial charge in [0.15, 0.2) is 0 Å². The highest BCUT2D eigenvalue weighted by molar-refractivity contribution is 9.10. The fourth-order valence-corrected chi connectivity index (χ4v) is 2.51. The molecule has 1 amide bonds. The molecule has 0 radical (unpaired) electrons. The van der Waals surface area contributed by atoms with Crippen molar-refractivity contribution in [3.63, 3.8) is 0 Å². The Morgan fingerprint density at radius 3 is 2.48 bits per heavy atom. The summed E-state index contributed by atoms with van der Waals surface area (Å²) in [5, 5.41) is 6.13. The summed E-state index contributed by atoms with van der Waals surface area (Å²) in [6, 6.07) is 18.6. The SMILES string of the molecule is O=C(Nc1ccc(NCc2ccco2)cc1)c1cccc(Br)c1. The maximum atomic E-state index is 12.2. The molecule has 3 rings (SSSR count). The summed E-state index contributed by atoms with van der Waals surface area (Å²) in [6.45, 7) is 0.622. The number of nitrogens with one attached hydrogen (secondary N) is 2. The smallest absolute Gasteiger partial charge is 0.255 e. The Labute approximate surface area is 142 Å². The number of rotatable bonds is 5. The van der Waals surface area contributed by atoms with Crippen molar-refractivity contribution in [2.24, 2.45) is 0 Å². The van der Waals surface area contributed by atoms with Crippen molar-refractivity contribution in [1.29, 1.82) is 0 Å². The molecule has 0 bridgehead atoms. The zero-order chi connectivity index (χ0) is 16.1. The van der Waals surface area contributed by atoms with Crippen LogP contribution in [0.2, 0.25) is 0 Å². The summed E-state index contributed by atoms with van der Waals surface area (Å²) in [5.41, 5.74) is 2.32. The van der Waals surface area contributed by atoms with Gasteiger partial charge in [0.2, 0.25) is 0 Å². The van der Waals surface area contributed by atoms with Crippen LogP contribution in [0.25, 0.3) is 0 Å². The van der Waals surface area contributed by atoms with E-state index >= 15 is 0 Å². The Hall–Kier alpha value is -2.53. The highest BCUT2D eigenvalue weighted by Crippen LogP contribution is 2.17. The van der Waals surface area contributed by atoms with Gasteiger partial charge in [-0.25, -0.2) is 0 Å². The van der Waals surface area contributed by atoms with E-state index in [1.165, 1.54) is 0 Å². The first-order chi connectivity index (χ1) is 11.2. The molecule has 23 heavy (non-hydrogen) atoms. The molecular formula is C18H15BrN2O2. The van der Waals surface area contributed by atoms with Gasteiger partial charge >= 0.3 is 0 Å². The average molecular weight is 371 g/mol. The fourth-order valence-electron chi connectivity index (χ4n) is 2.11. The van der Waals surface area contributed by atoms with E-state index in [0.717, 1.165) is 21.6 Å². The first kappa shape index (κ1) is 15.4. The minimum absolute atomic E-state index is 0.136. The van der Waals surface area contributed by atoms with Crippen molar-refractivity contribution in [2.75, 3.05) is 10.6 Å². The number of carbonyl (C=O) groups is 1. The predicted molar refractivity (Wildman–Crippen MR) is 94.6 cm³/mol. The third-order valence-electron chi connectivity index (χ3n) is 3.28. The zero-order valence-corrected chi connectivity index (χ0v) is 13.8. The fraction of sp³-hybridized carbons (Fsp3) is 0.0556. The molecule has 0 fully saturated rings. The monoisotopic (exact) mass is 370 g/mol. The van der Waals surface area contributed by atoms with Crippen LogP contribution in [-0.4, -0.2) is 5.91 Å². The van der Waals surface area contributed by atoms with Crippen molar-refractivity contribution in [3.05, 3.63) is 82.7 Å². The van der Waals surface area contributed by atoms with Crippen LogP contribution in [0.4, 0.5) is 11.4 Å². The third-order valence-corrected chi connectivity index (χ3v) is 3.77. The summed E-state index contributed by atoms with van der Waals surface area (Å²) >= 11 is 3.36. The molecule has 0 aliphatic carbocycles. The van der Waals surface area contributed by atoms with Gasteiger partial charge < -0.3 is 15.1 Å². The van der Waals surface area contributed by atoms with Crippen LogP contribution in [0.1, 0.15) is 16.1 Å². The van der Waals surface area contributed by atoms with E-state index in [2.05, 4.69) is 26.6 Å². The minimum atomic E-state index is -0.136. The average Bonchev–Trinajstić information content (AvgIpc) is 3.08. The molecule has 1 aromatic heterocycles. The van der Waals surface area contributed by atoms with E-state index in [1.807, 2.05) is 48.5 Å². The van der Waals surface area contributed by atoms with Crippen molar-refractivity contribution < 1.29 is 9.21 Å². The molecule has 4 nitrogen and oxygen atoms in total. The summed E-state index contributed by atoms with van der Waals surface area (Å²) in [6.07, 6.45) is 1.65. The molecule has 3 aromatic rings. The second-order valence-corrected chi connectivity index (χ2v) is 5.89. The van der Waals surface area contributed by atoms with Gasteiger partial charge in [-0.2, -0.15) is 0 Å². The van der Waals surface area contributed by atoms with Crippen molar-refractivity contribution >= 4 is 33.2 Å². The van der Waals surface area contributed by atoms with Gasteiger partial charge in [0.25, 0.3) is 5.91 Å². The summed E-state index contributed by atoms with van der Waals surface area (Å²) in [5.74, 6) is 0.736. The van der Waals surface area contributed by atoms with Gasteiger partial charge in [-0.3, -0.25) is 4.79 Å². The Morgan fingerprint density at radius 2 is 1.78 bits per heavy atom. The first-order valence-corrected chi connectivity index (χ1v) is 7.93. The number of anilines is 2. The van der Waals surface area contributed by atoms with Crippen molar-refractivity contribution in [2.45, 2.75) is 6.54 Å². The number of amides is 1. The molecule has 116 valence electrons. The molecule has 0 saturated carbocycles. The second-order valence-electron chi connectivity index (χ2n) is 4.97. The minimum Gasteiger partial charge on any atom is -0.467 e. The molecule has 2 aromatic carbocycles. The maximum Gasteiger partial charge on any atom is 0.255 e. The second kappa shape index (κ2) is 7.15. The lowest BCUT2D eigenvalue weighted by Crippen LogP contribution is -2.11. The van der Waals surface area contributed by atoms with Crippen LogP contribution >= 0.6 is 15.9 Å². The lowest BCUT2D eigenvalue weighted by Gasteiger charge is -2.08. The summed E-state index contributed by atoms with van der Waals surface area (Å²) in [7, 11) is 0. The molecule has 0 atom stereocenters. The van der Waals surface area contributed by atoms with Crippen LogP contribution in [0.3, 0.4) is 0 Å². The van der Waals surface area contributed by atoms with Gasteiger partial charge in [-0.1, -0.05) is 22.0 Å². The molecule has 5 heteroatoms. The molecule has 0 saturated heterocycles. The normalized spacial score (nSPS) is 10.3. The largest absolute Gasteiger partial charge is 0.467 e. The Bertz CT molecular complexity index is 783. The van der Waals surface area contributed by atoms with E-state index in [-0.39, 0.29) is 5.91 Å². The molecule has 0 aliphatic heterocycles. The topological polar surface area (TPSA) is 54.3 Å². The Balaban J connectivity index is 1.59. The van der Waals surface area contributed by atoms with Gasteiger partial charge in [0.05, 0.1) is 12.8 Å². The van der Waals surface area contributed by atoms with Crippen LogP contribution in [0.15, 0.2) is 75.8 Å². The van der Waals surface area contributed by atoms with Gasteiger partial charge in [-0.15, -0.1) is 0 Å². The van der Waals surface area contributed by atoms with Crippen LogP contribution in [0, 0.1) is 0 Å². The predicted octanol–water partition coefficient (Wildman–Crippen LogP) is 4.91. The van der Waals surface area contributed by atoms with Crippen LogP contribution in [0.5, 0.6) is 0 Å². The summed E-state index contributed by atoms with van der Waals surface area (Å²) in [4.78, 5) is 12.2. The zero-order valence-electron chi connectivity index (χ0n) is 12.3. The Morgan fingerprint density at radius 1 is 1.00 bits per heavy atom. The number of hydrogen-bond acceptors (Lipinski definition) is 3. The van der Waals surface area contributed by atoms with Crippen molar-refractivity contribution in [1.82, 2.24) is 0 Å². The number of halogens is 1. The summed E-state index contributed by atoms with van der Waals surface area (Å²) < 4.78 is 6.14. The van der Waals surface area contributed by atoms with E-state index < -0.39 is 0 Å². The van der Waals surface area contributed by atoms with Crippen LogP contribution < -0.4 is 10.6 Å². The van der Waals surface area contributed by atoms with Crippen molar-refractivity contribution in [3.8, 4) is 0 Å². The van der Waals surface area contributed by atoms with Gasteiger partial charge in [0, 0.05) is 21.4 Å². The molecule has 0 spiro atoms. The van der Waals surface area contributed by atoms with Gasteiger partial charge in [0.1, 0.15) is 5.76 Å². The van der Waals surface area contributed by atoms with Crippen LogP contribution in [-0.2, 0) is 6.54 Å². The first-order valence-electron chi connectivity index (χ1n) is 7.14. The third kappa shape index (κ3) is 4.23. The Kier molecular flexibility index (Phi) is 4.78. The number of benzene rings is 2. The number of carbonyl (C=O) groups excluding carboxylic acids is 1. The highest BCUT2D eigenvalue weighted by atomic mass is 79.9. The maximum absolute atomic E-state index is 12.2.